The van der Waals surface area contributed by atoms with E-state index in [1.54, 1.807) is 19.1 Å². The quantitative estimate of drug-likeness (QED) is 0.888. The molecule has 1 atom stereocenters. The highest BCUT2D eigenvalue weighted by Gasteiger charge is 2.13. The van der Waals surface area contributed by atoms with Gasteiger partial charge in [-0.05, 0) is 36.8 Å². The number of benzene rings is 2. The summed E-state index contributed by atoms with van der Waals surface area (Å²) < 4.78 is 36.7. The summed E-state index contributed by atoms with van der Waals surface area (Å²) in [5.41, 5.74) is 0.599. The highest BCUT2D eigenvalue weighted by Crippen LogP contribution is 2.21. The predicted molar refractivity (Wildman–Crippen MR) is 81.4 cm³/mol. The molecule has 2 aromatic rings. The van der Waals surface area contributed by atoms with E-state index in [9.17, 15) is 13.6 Å². The van der Waals surface area contributed by atoms with Gasteiger partial charge in [0.05, 0.1) is 13.2 Å². The van der Waals surface area contributed by atoms with Gasteiger partial charge in [-0.1, -0.05) is 12.1 Å². The van der Waals surface area contributed by atoms with Crippen LogP contribution in [0.4, 0.5) is 8.78 Å². The fourth-order valence-electron chi connectivity index (χ4n) is 2.02. The van der Waals surface area contributed by atoms with Gasteiger partial charge in [0, 0.05) is 6.07 Å². The summed E-state index contributed by atoms with van der Waals surface area (Å²) in [5, 5.41) is 2.68. The summed E-state index contributed by atoms with van der Waals surface area (Å²) in [4.78, 5) is 11.8. The number of rotatable bonds is 6. The van der Waals surface area contributed by atoms with Crippen LogP contribution in [0.3, 0.4) is 0 Å². The molecule has 0 saturated carbocycles. The Labute approximate surface area is 133 Å². The second-order valence-electron chi connectivity index (χ2n) is 4.93. The van der Waals surface area contributed by atoms with Crippen molar-refractivity contribution in [2.45, 2.75) is 13.0 Å². The minimum Gasteiger partial charge on any atom is -0.494 e. The molecular weight excluding hydrogens is 304 g/mol. The van der Waals surface area contributed by atoms with E-state index in [1.165, 1.54) is 37.4 Å². The van der Waals surface area contributed by atoms with Gasteiger partial charge in [-0.15, -0.1) is 0 Å². The van der Waals surface area contributed by atoms with Crippen molar-refractivity contribution in [1.82, 2.24) is 5.32 Å². The zero-order valence-electron chi connectivity index (χ0n) is 12.8. The molecule has 6 heteroatoms. The number of nitrogens with one attached hydrogen (secondary N) is 1. The first-order chi connectivity index (χ1) is 11.0. The number of methoxy groups -OCH3 is 1. The molecule has 0 aliphatic heterocycles. The highest BCUT2D eigenvalue weighted by atomic mass is 19.1. The number of ether oxygens (including phenoxy) is 2. The SMILES string of the molecule is COc1ccc(C(C)NC(=O)COc2cccc(F)c2)cc1F. The Kier molecular flexibility index (Phi) is 5.51. The Morgan fingerprint density at radius 3 is 2.65 bits per heavy atom. The van der Waals surface area contributed by atoms with Crippen molar-refractivity contribution in [2.24, 2.45) is 0 Å². The number of carbonyl (C=O) groups is 1. The van der Waals surface area contributed by atoms with Gasteiger partial charge in [0.25, 0.3) is 5.91 Å². The summed E-state index contributed by atoms with van der Waals surface area (Å²) in [6, 6.07) is 9.58. The minimum atomic E-state index is -0.498. The number of hydrogen-bond donors (Lipinski definition) is 1. The van der Waals surface area contributed by atoms with Crippen LogP contribution in [-0.4, -0.2) is 19.6 Å². The van der Waals surface area contributed by atoms with Crippen LogP contribution in [0.1, 0.15) is 18.5 Å². The summed E-state index contributed by atoms with van der Waals surface area (Å²) in [6.45, 7) is 1.47. The maximum absolute atomic E-state index is 13.7. The van der Waals surface area contributed by atoms with Crippen molar-refractivity contribution in [3.05, 3.63) is 59.7 Å². The van der Waals surface area contributed by atoms with E-state index in [0.717, 1.165) is 0 Å². The lowest BCUT2D eigenvalue weighted by molar-refractivity contribution is -0.123. The average Bonchev–Trinajstić information content (AvgIpc) is 2.53. The minimum absolute atomic E-state index is 0.140. The molecule has 4 nitrogen and oxygen atoms in total. The molecule has 0 heterocycles. The van der Waals surface area contributed by atoms with E-state index < -0.39 is 23.6 Å². The van der Waals surface area contributed by atoms with E-state index in [2.05, 4.69) is 5.32 Å². The van der Waals surface area contributed by atoms with E-state index in [-0.39, 0.29) is 18.1 Å². The molecule has 2 rings (SSSR count). The van der Waals surface area contributed by atoms with Crippen molar-refractivity contribution in [1.29, 1.82) is 0 Å². The lowest BCUT2D eigenvalue weighted by Gasteiger charge is -2.15. The van der Waals surface area contributed by atoms with Crippen molar-refractivity contribution in [2.75, 3.05) is 13.7 Å². The van der Waals surface area contributed by atoms with Crippen molar-refractivity contribution < 1.29 is 23.0 Å². The smallest absolute Gasteiger partial charge is 0.258 e. The highest BCUT2D eigenvalue weighted by molar-refractivity contribution is 5.78. The number of carbonyl (C=O) groups excluding carboxylic acids is 1. The first kappa shape index (κ1) is 16.7. The van der Waals surface area contributed by atoms with Crippen LogP contribution in [0.15, 0.2) is 42.5 Å². The summed E-state index contributed by atoms with van der Waals surface area (Å²) in [6.07, 6.45) is 0. The maximum Gasteiger partial charge on any atom is 0.258 e. The van der Waals surface area contributed by atoms with Gasteiger partial charge in [-0.3, -0.25) is 4.79 Å². The Hall–Kier alpha value is -2.63. The molecule has 0 saturated heterocycles. The van der Waals surface area contributed by atoms with Gasteiger partial charge in [0.2, 0.25) is 0 Å². The van der Waals surface area contributed by atoms with E-state index in [0.29, 0.717) is 5.56 Å². The second-order valence-corrected chi connectivity index (χ2v) is 4.93. The fourth-order valence-corrected chi connectivity index (χ4v) is 2.02. The molecule has 0 bridgehead atoms. The Morgan fingerprint density at radius 2 is 2.00 bits per heavy atom. The molecular formula is C17H17F2NO3. The van der Waals surface area contributed by atoms with Gasteiger partial charge < -0.3 is 14.8 Å². The first-order valence-electron chi connectivity index (χ1n) is 7.00. The van der Waals surface area contributed by atoms with Crippen LogP contribution >= 0.6 is 0 Å². The number of amides is 1. The van der Waals surface area contributed by atoms with Crippen LogP contribution in [0, 0.1) is 11.6 Å². The third kappa shape index (κ3) is 4.67. The van der Waals surface area contributed by atoms with Gasteiger partial charge in [-0.2, -0.15) is 0 Å². The molecule has 1 N–H and O–H groups in total. The normalized spacial score (nSPS) is 11.7. The fraction of sp³-hybridized carbons (Fsp3) is 0.235. The molecule has 122 valence electrons. The molecule has 0 spiro atoms. The van der Waals surface area contributed by atoms with Gasteiger partial charge in [0.1, 0.15) is 11.6 Å². The summed E-state index contributed by atoms with van der Waals surface area (Å²) >= 11 is 0. The average molecular weight is 321 g/mol. The molecule has 0 fully saturated rings. The topological polar surface area (TPSA) is 47.6 Å². The van der Waals surface area contributed by atoms with Gasteiger partial charge in [0.15, 0.2) is 18.2 Å². The van der Waals surface area contributed by atoms with E-state index in [4.69, 9.17) is 9.47 Å². The largest absolute Gasteiger partial charge is 0.494 e. The second kappa shape index (κ2) is 7.58. The van der Waals surface area contributed by atoms with E-state index in [1.807, 2.05) is 0 Å². The predicted octanol–water partition coefficient (Wildman–Crippen LogP) is 3.23. The molecule has 0 aromatic heterocycles. The standard InChI is InChI=1S/C17H17F2NO3/c1-11(12-6-7-16(22-2)15(19)8-12)20-17(21)10-23-14-5-3-4-13(18)9-14/h3-9,11H,10H2,1-2H3,(H,20,21). The first-order valence-corrected chi connectivity index (χ1v) is 7.00. The lowest BCUT2D eigenvalue weighted by atomic mass is 10.1. The summed E-state index contributed by atoms with van der Waals surface area (Å²) in [5.74, 6) is -0.921. The molecule has 0 aliphatic rings. The molecule has 1 amide bonds. The lowest BCUT2D eigenvalue weighted by Crippen LogP contribution is -2.31. The van der Waals surface area contributed by atoms with Gasteiger partial charge in [-0.25, -0.2) is 8.78 Å². The van der Waals surface area contributed by atoms with Crippen LogP contribution in [0.5, 0.6) is 11.5 Å². The molecule has 2 aromatic carbocycles. The Bertz CT molecular complexity index is 691. The third-order valence-corrected chi connectivity index (χ3v) is 3.22. The monoisotopic (exact) mass is 321 g/mol. The molecule has 0 radical (unpaired) electrons. The van der Waals surface area contributed by atoms with Crippen LogP contribution in [-0.2, 0) is 4.79 Å². The van der Waals surface area contributed by atoms with E-state index >= 15 is 0 Å². The zero-order chi connectivity index (χ0) is 16.8. The van der Waals surface area contributed by atoms with Crippen LogP contribution < -0.4 is 14.8 Å². The van der Waals surface area contributed by atoms with Gasteiger partial charge >= 0.3 is 0 Å². The van der Waals surface area contributed by atoms with Crippen molar-refractivity contribution in [3.63, 3.8) is 0 Å². The Balaban J connectivity index is 1.90. The van der Waals surface area contributed by atoms with Crippen LogP contribution in [0.2, 0.25) is 0 Å². The number of hydrogen-bond acceptors (Lipinski definition) is 3. The maximum atomic E-state index is 13.7. The van der Waals surface area contributed by atoms with Crippen LogP contribution in [0.25, 0.3) is 0 Å². The molecule has 0 aliphatic carbocycles. The third-order valence-electron chi connectivity index (χ3n) is 3.22. The molecule has 23 heavy (non-hydrogen) atoms. The summed E-state index contributed by atoms with van der Waals surface area (Å²) in [7, 11) is 1.38. The zero-order valence-corrected chi connectivity index (χ0v) is 12.8. The Morgan fingerprint density at radius 1 is 1.22 bits per heavy atom. The molecule has 1 unspecified atom stereocenters. The van der Waals surface area contributed by atoms with Crippen molar-refractivity contribution >= 4 is 5.91 Å². The number of halogens is 2. The van der Waals surface area contributed by atoms with Crippen molar-refractivity contribution in [3.8, 4) is 11.5 Å².